The van der Waals surface area contributed by atoms with Crippen molar-refractivity contribution in [1.82, 2.24) is 5.32 Å². The molecule has 0 heterocycles. The van der Waals surface area contributed by atoms with E-state index < -0.39 is 5.41 Å². The molecule has 124 valence electrons. The van der Waals surface area contributed by atoms with Crippen molar-refractivity contribution < 1.29 is 4.79 Å². The fraction of sp³-hybridized carbons (Fsp3) is 0.588. The molecule has 0 radical (unpaired) electrons. The fourth-order valence-corrected chi connectivity index (χ4v) is 3.04. The molecule has 1 fully saturated rings. The number of halogens is 2. The molecule has 3 N–H and O–H groups in total. The highest BCUT2D eigenvalue weighted by molar-refractivity contribution is 6.30. The Morgan fingerprint density at radius 2 is 1.82 bits per heavy atom. The van der Waals surface area contributed by atoms with Crippen LogP contribution in [0.2, 0.25) is 5.02 Å². The standard InChI is InChI=1S/C17H25ClN2O.ClH/c1-3-16(4-2,11-19)15(21)20-12-17(9-10-17)13-5-7-14(18)8-6-13;/h5-8H,3-4,9-12,19H2,1-2H3,(H,20,21);1H. The second kappa shape index (κ2) is 7.67. The molecule has 1 saturated carbocycles. The fourth-order valence-electron chi connectivity index (χ4n) is 2.91. The molecular formula is C17H26Cl2N2O. The zero-order chi connectivity index (χ0) is 15.5. The maximum atomic E-state index is 12.5. The van der Waals surface area contributed by atoms with Gasteiger partial charge in [0.05, 0.1) is 5.41 Å². The van der Waals surface area contributed by atoms with E-state index in [0.29, 0.717) is 13.1 Å². The molecule has 5 heteroatoms. The third-order valence-corrected chi connectivity index (χ3v) is 5.38. The van der Waals surface area contributed by atoms with Crippen LogP contribution in [0.25, 0.3) is 0 Å². The minimum absolute atomic E-state index is 0. The Bertz CT molecular complexity index is 486. The largest absolute Gasteiger partial charge is 0.355 e. The van der Waals surface area contributed by atoms with E-state index >= 15 is 0 Å². The van der Waals surface area contributed by atoms with Crippen LogP contribution >= 0.6 is 24.0 Å². The number of hydrogen-bond donors (Lipinski definition) is 2. The van der Waals surface area contributed by atoms with Gasteiger partial charge in [-0.05, 0) is 43.4 Å². The van der Waals surface area contributed by atoms with Crippen LogP contribution in [0.15, 0.2) is 24.3 Å². The van der Waals surface area contributed by atoms with Gasteiger partial charge in [0.2, 0.25) is 5.91 Å². The Hall–Kier alpha value is -0.770. The zero-order valence-corrected chi connectivity index (χ0v) is 14.9. The Labute approximate surface area is 144 Å². The minimum atomic E-state index is -0.421. The molecule has 1 aromatic rings. The van der Waals surface area contributed by atoms with Crippen LogP contribution in [0.5, 0.6) is 0 Å². The smallest absolute Gasteiger partial charge is 0.227 e. The van der Waals surface area contributed by atoms with Crippen LogP contribution in [0.4, 0.5) is 0 Å². The zero-order valence-electron chi connectivity index (χ0n) is 13.3. The first-order valence-electron chi connectivity index (χ1n) is 7.76. The Kier molecular flexibility index (Phi) is 6.72. The molecule has 0 unspecified atom stereocenters. The van der Waals surface area contributed by atoms with Crippen LogP contribution in [0, 0.1) is 5.41 Å². The Morgan fingerprint density at radius 3 is 2.23 bits per heavy atom. The first-order chi connectivity index (χ1) is 10.0. The molecule has 0 aromatic heterocycles. The molecule has 0 saturated heterocycles. The van der Waals surface area contributed by atoms with Gasteiger partial charge in [-0.2, -0.15) is 0 Å². The highest BCUT2D eigenvalue weighted by atomic mass is 35.5. The van der Waals surface area contributed by atoms with E-state index in [9.17, 15) is 4.79 Å². The van der Waals surface area contributed by atoms with E-state index in [1.165, 1.54) is 5.56 Å². The molecule has 0 atom stereocenters. The van der Waals surface area contributed by atoms with Crippen molar-refractivity contribution >= 4 is 29.9 Å². The maximum Gasteiger partial charge on any atom is 0.227 e. The third-order valence-electron chi connectivity index (χ3n) is 5.12. The molecule has 1 aromatic carbocycles. The van der Waals surface area contributed by atoms with Gasteiger partial charge in [-0.1, -0.05) is 37.6 Å². The quantitative estimate of drug-likeness (QED) is 0.792. The lowest BCUT2D eigenvalue weighted by Crippen LogP contribution is -2.47. The van der Waals surface area contributed by atoms with Crippen molar-refractivity contribution in [3.63, 3.8) is 0 Å². The van der Waals surface area contributed by atoms with Crippen molar-refractivity contribution in [3.05, 3.63) is 34.9 Å². The van der Waals surface area contributed by atoms with Crippen LogP contribution in [0.3, 0.4) is 0 Å². The summed E-state index contributed by atoms with van der Waals surface area (Å²) in [5.74, 6) is 0.0928. The van der Waals surface area contributed by atoms with Gasteiger partial charge in [0.15, 0.2) is 0 Å². The number of amides is 1. The lowest BCUT2D eigenvalue weighted by Gasteiger charge is -2.29. The summed E-state index contributed by atoms with van der Waals surface area (Å²) in [7, 11) is 0. The number of carbonyl (C=O) groups excluding carboxylic acids is 1. The third kappa shape index (κ3) is 3.76. The molecule has 0 spiro atoms. The number of benzene rings is 1. The molecule has 0 aliphatic heterocycles. The molecular weight excluding hydrogens is 319 g/mol. The SMILES string of the molecule is CCC(CC)(CN)C(=O)NCC1(c2ccc(Cl)cc2)CC1.Cl. The van der Waals surface area contributed by atoms with Gasteiger partial charge in [0.1, 0.15) is 0 Å². The summed E-state index contributed by atoms with van der Waals surface area (Å²) >= 11 is 5.94. The highest BCUT2D eigenvalue weighted by Gasteiger charge is 2.45. The summed E-state index contributed by atoms with van der Waals surface area (Å²) in [4.78, 5) is 12.5. The van der Waals surface area contributed by atoms with Gasteiger partial charge in [0, 0.05) is 23.5 Å². The van der Waals surface area contributed by atoms with Gasteiger partial charge in [-0.3, -0.25) is 4.79 Å². The lowest BCUT2D eigenvalue weighted by atomic mass is 9.81. The van der Waals surface area contributed by atoms with E-state index in [0.717, 1.165) is 30.7 Å². The summed E-state index contributed by atoms with van der Waals surface area (Å²) < 4.78 is 0. The lowest BCUT2D eigenvalue weighted by molar-refractivity contribution is -0.131. The van der Waals surface area contributed by atoms with Crippen LogP contribution in [0.1, 0.15) is 45.1 Å². The van der Waals surface area contributed by atoms with E-state index in [2.05, 4.69) is 17.4 Å². The average Bonchev–Trinajstić information content (AvgIpc) is 3.29. The van der Waals surface area contributed by atoms with Gasteiger partial charge >= 0.3 is 0 Å². The highest BCUT2D eigenvalue weighted by Crippen LogP contribution is 2.48. The monoisotopic (exact) mass is 344 g/mol. The van der Waals surface area contributed by atoms with Crippen molar-refractivity contribution in [2.45, 2.75) is 44.9 Å². The van der Waals surface area contributed by atoms with Crippen LogP contribution in [-0.4, -0.2) is 19.0 Å². The molecule has 3 nitrogen and oxygen atoms in total. The molecule has 1 amide bonds. The van der Waals surface area contributed by atoms with Gasteiger partial charge in [0.25, 0.3) is 0 Å². The van der Waals surface area contributed by atoms with E-state index in [1.54, 1.807) is 0 Å². The van der Waals surface area contributed by atoms with Crippen LogP contribution < -0.4 is 11.1 Å². The van der Waals surface area contributed by atoms with Crippen LogP contribution in [-0.2, 0) is 10.2 Å². The predicted molar refractivity (Wildman–Crippen MR) is 94.7 cm³/mol. The van der Waals surface area contributed by atoms with Gasteiger partial charge in [-0.15, -0.1) is 12.4 Å². The average molecular weight is 345 g/mol. The van der Waals surface area contributed by atoms with Crippen molar-refractivity contribution in [3.8, 4) is 0 Å². The number of nitrogens with two attached hydrogens (primary N) is 1. The minimum Gasteiger partial charge on any atom is -0.355 e. The van der Waals surface area contributed by atoms with Crippen molar-refractivity contribution in [2.75, 3.05) is 13.1 Å². The molecule has 2 rings (SSSR count). The number of nitrogens with one attached hydrogen (secondary N) is 1. The van der Waals surface area contributed by atoms with Crippen molar-refractivity contribution in [1.29, 1.82) is 0 Å². The summed E-state index contributed by atoms with van der Waals surface area (Å²) in [6, 6.07) is 7.97. The molecule has 1 aliphatic carbocycles. The first kappa shape index (κ1) is 19.3. The number of carbonyl (C=O) groups is 1. The topological polar surface area (TPSA) is 55.1 Å². The molecule has 22 heavy (non-hydrogen) atoms. The second-order valence-corrected chi connectivity index (χ2v) is 6.60. The Balaban J connectivity index is 0.00000242. The normalized spacial score (nSPS) is 15.8. The number of hydrogen-bond acceptors (Lipinski definition) is 2. The molecule has 0 bridgehead atoms. The maximum absolute atomic E-state index is 12.5. The predicted octanol–water partition coefficient (Wildman–Crippen LogP) is 3.67. The second-order valence-electron chi connectivity index (χ2n) is 6.16. The summed E-state index contributed by atoms with van der Waals surface area (Å²) in [6.45, 7) is 5.15. The summed E-state index contributed by atoms with van der Waals surface area (Å²) in [5.41, 5.74) is 6.78. The van der Waals surface area contributed by atoms with E-state index in [4.69, 9.17) is 17.3 Å². The van der Waals surface area contributed by atoms with Gasteiger partial charge < -0.3 is 11.1 Å². The van der Waals surface area contributed by atoms with E-state index in [1.807, 2.05) is 26.0 Å². The first-order valence-corrected chi connectivity index (χ1v) is 8.14. The molecule has 1 aliphatic rings. The van der Waals surface area contributed by atoms with Gasteiger partial charge in [-0.25, -0.2) is 0 Å². The summed E-state index contributed by atoms with van der Waals surface area (Å²) in [6.07, 6.45) is 3.78. The number of rotatable bonds is 7. The van der Waals surface area contributed by atoms with Crippen molar-refractivity contribution in [2.24, 2.45) is 11.1 Å². The Morgan fingerprint density at radius 1 is 1.27 bits per heavy atom. The van der Waals surface area contributed by atoms with E-state index in [-0.39, 0.29) is 23.7 Å². The summed E-state index contributed by atoms with van der Waals surface area (Å²) in [5, 5.41) is 3.89.